The lowest BCUT2D eigenvalue weighted by Crippen LogP contribution is -2.50. The number of carbonyl (C=O) groups is 5. The maximum absolute atomic E-state index is 12.2. The molecule has 170 valence electrons. The third kappa shape index (κ3) is 10.4. The van der Waals surface area contributed by atoms with Crippen molar-refractivity contribution in [2.75, 3.05) is 12.3 Å². The number of aliphatic hydroxyl groups is 1. The van der Waals surface area contributed by atoms with Crippen LogP contribution in [0.1, 0.15) is 38.5 Å². The van der Waals surface area contributed by atoms with E-state index >= 15 is 0 Å². The molecule has 0 heterocycles. The van der Waals surface area contributed by atoms with Gasteiger partial charge in [-0.05, 0) is 32.1 Å². The number of hydrogen-bond donors (Lipinski definition) is 7. The number of carboxylic acid groups (broad SMARTS) is 2. The molecule has 0 aromatic carbocycles. The zero-order valence-corrected chi connectivity index (χ0v) is 17.2. The summed E-state index contributed by atoms with van der Waals surface area (Å²) < 4.78 is 0. The van der Waals surface area contributed by atoms with Gasteiger partial charge >= 0.3 is 11.9 Å². The van der Waals surface area contributed by atoms with Gasteiger partial charge in [-0.15, -0.1) is 0 Å². The van der Waals surface area contributed by atoms with Crippen LogP contribution in [0.15, 0.2) is 0 Å². The van der Waals surface area contributed by atoms with Crippen LogP contribution in [0.2, 0.25) is 0 Å². The van der Waals surface area contributed by atoms with Crippen molar-refractivity contribution >= 4 is 40.8 Å². The highest BCUT2D eigenvalue weighted by Gasteiger charge is 2.25. The van der Waals surface area contributed by atoms with Gasteiger partial charge in [0.1, 0.15) is 18.6 Å². The predicted molar refractivity (Wildman–Crippen MR) is 107 cm³/mol. The number of carbonyl (C=O) groups excluding carboxylic acids is 3. The molecule has 2 unspecified atom stereocenters. The second kappa shape index (κ2) is 13.0. The second-order valence-corrected chi connectivity index (χ2v) is 7.97. The maximum atomic E-state index is 12.2. The Hall–Kier alpha value is -2.38. The molecule has 1 rings (SSSR count). The van der Waals surface area contributed by atoms with Gasteiger partial charge in [0.2, 0.25) is 11.8 Å². The molecular weight excluding hydrogens is 420 g/mol. The molecule has 0 bridgehead atoms. The van der Waals surface area contributed by atoms with Crippen molar-refractivity contribution in [2.24, 2.45) is 5.73 Å². The molecular formula is C17H28N4O8S. The van der Waals surface area contributed by atoms with Crippen LogP contribution in [0.3, 0.4) is 0 Å². The van der Waals surface area contributed by atoms with Crippen molar-refractivity contribution in [2.45, 2.75) is 62.8 Å². The number of rotatable bonds is 11. The summed E-state index contributed by atoms with van der Waals surface area (Å²) in [5.41, 5.74) is 5.33. The van der Waals surface area contributed by atoms with E-state index in [1.165, 1.54) is 0 Å². The first kappa shape index (κ1) is 25.7. The molecule has 0 aromatic heterocycles. The fraction of sp³-hybridized carbons (Fsp3) is 0.706. The Morgan fingerprint density at radius 3 is 2.43 bits per heavy atom. The number of nitrogens with two attached hydrogens (primary N) is 1. The molecule has 0 aromatic rings. The van der Waals surface area contributed by atoms with E-state index in [-0.39, 0.29) is 24.6 Å². The minimum Gasteiger partial charge on any atom is -0.480 e. The van der Waals surface area contributed by atoms with Gasteiger partial charge in [0.25, 0.3) is 5.24 Å². The summed E-state index contributed by atoms with van der Waals surface area (Å²) in [6, 6.07) is -2.62. The molecule has 1 aliphatic carbocycles. The summed E-state index contributed by atoms with van der Waals surface area (Å²) in [6.07, 6.45) is 1.76. The second-order valence-electron chi connectivity index (χ2n) is 6.98. The van der Waals surface area contributed by atoms with E-state index in [9.17, 15) is 29.1 Å². The number of carboxylic acids is 2. The molecule has 0 radical (unpaired) electrons. The van der Waals surface area contributed by atoms with Gasteiger partial charge in [-0.1, -0.05) is 11.8 Å². The minimum absolute atomic E-state index is 0.151. The van der Waals surface area contributed by atoms with Gasteiger partial charge in [-0.2, -0.15) is 0 Å². The first-order chi connectivity index (χ1) is 14.1. The fourth-order valence-corrected chi connectivity index (χ4v) is 3.61. The minimum atomic E-state index is -1.28. The van der Waals surface area contributed by atoms with Crippen LogP contribution in [0, 0.1) is 0 Å². The lowest BCUT2D eigenvalue weighted by molar-refractivity contribution is -0.139. The number of hydrogen-bond acceptors (Lipinski definition) is 8. The van der Waals surface area contributed by atoms with E-state index in [0.717, 1.165) is 24.6 Å². The molecule has 12 nitrogen and oxygen atoms in total. The van der Waals surface area contributed by atoms with Gasteiger partial charge in [0, 0.05) is 18.2 Å². The molecule has 0 saturated heterocycles. The zero-order chi connectivity index (χ0) is 22.7. The van der Waals surface area contributed by atoms with E-state index in [0.29, 0.717) is 12.8 Å². The van der Waals surface area contributed by atoms with Crippen LogP contribution in [0.25, 0.3) is 0 Å². The Balaban J connectivity index is 2.58. The average molecular weight is 448 g/mol. The monoisotopic (exact) mass is 448 g/mol. The maximum Gasteiger partial charge on any atom is 0.322 e. The Labute approximate surface area is 177 Å². The Kier molecular flexibility index (Phi) is 11.1. The lowest BCUT2D eigenvalue weighted by Gasteiger charge is -2.26. The van der Waals surface area contributed by atoms with Crippen LogP contribution in [-0.2, 0) is 19.2 Å². The summed E-state index contributed by atoms with van der Waals surface area (Å²) in [6.45, 7) is -0.661. The standard InChI is InChI=1S/C17H28N4O8S/c18-11(16(27)28)4-5-13(23)21-12(15(26)19-7-14(24)25)8-30-17(29)20-9-2-1-3-10(22)6-9/h9-12,22H,1-8,18H2,(H,19,26)(H,20,29)(H,21,23)(H,24,25)(H,27,28)/t9?,10?,11-,12-/m0/s1. The highest BCUT2D eigenvalue weighted by Crippen LogP contribution is 2.19. The molecule has 1 saturated carbocycles. The topological polar surface area (TPSA) is 208 Å². The largest absolute Gasteiger partial charge is 0.480 e. The van der Waals surface area contributed by atoms with Crippen LogP contribution >= 0.6 is 11.8 Å². The van der Waals surface area contributed by atoms with E-state index in [4.69, 9.17) is 15.9 Å². The number of nitrogens with one attached hydrogen (secondary N) is 3. The van der Waals surface area contributed by atoms with Crippen molar-refractivity contribution in [1.29, 1.82) is 0 Å². The smallest absolute Gasteiger partial charge is 0.322 e. The molecule has 30 heavy (non-hydrogen) atoms. The van der Waals surface area contributed by atoms with E-state index < -0.39 is 53.7 Å². The Bertz CT molecular complexity index is 647. The van der Waals surface area contributed by atoms with Crippen LogP contribution in [0.4, 0.5) is 4.79 Å². The summed E-state index contributed by atoms with van der Waals surface area (Å²) in [5, 5.41) is 33.9. The van der Waals surface area contributed by atoms with Crippen LogP contribution in [0.5, 0.6) is 0 Å². The quantitative estimate of drug-likeness (QED) is 0.197. The summed E-state index contributed by atoms with van der Waals surface area (Å²) in [7, 11) is 0. The highest BCUT2D eigenvalue weighted by atomic mass is 32.2. The summed E-state index contributed by atoms with van der Waals surface area (Å²) >= 11 is 0.740. The molecule has 0 spiro atoms. The zero-order valence-electron chi connectivity index (χ0n) is 16.3. The Morgan fingerprint density at radius 1 is 1.13 bits per heavy atom. The van der Waals surface area contributed by atoms with Crippen molar-refractivity contribution in [1.82, 2.24) is 16.0 Å². The molecule has 3 amide bonds. The highest BCUT2D eigenvalue weighted by molar-refractivity contribution is 8.13. The van der Waals surface area contributed by atoms with Gasteiger partial charge in [-0.3, -0.25) is 24.0 Å². The van der Waals surface area contributed by atoms with Crippen LogP contribution in [-0.4, -0.2) is 80.8 Å². The summed E-state index contributed by atoms with van der Waals surface area (Å²) in [4.78, 5) is 57.7. The first-order valence-corrected chi connectivity index (χ1v) is 10.5. The normalized spacial score (nSPS) is 20.5. The fourth-order valence-electron chi connectivity index (χ4n) is 2.81. The third-order valence-corrected chi connectivity index (χ3v) is 5.29. The molecule has 4 atom stereocenters. The first-order valence-electron chi connectivity index (χ1n) is 9.47. The van der Waals surface area contributed by atoms with Gasteiger partial charge in [0.15, 0.2) is 0 Å². The van der Waals surface area contributed by atoms with Gasteiger partial charge < -0.3 is 37.0 Å². The molecule has 1 fully saturated rings. The van der Waals surface area contributed by atoms with Crippen molar-refractivity contribution < 1.29 is 39.3 Å². The molecule has 8 N–H and O–H groups in total. The predicted octanol–water partition coefficient (Wildman–Crippen LogP) is -1.39. The van der Waals surface area contributed by atoms with E-state index in [1.54, 1.807) is 0 Å². The summed E-state index contributed by atoms with van der Waals surface area (Å²) in [5.74, 6) is -4.15. The van der Waals surface area contributed by atoms with Crippen LogP contribution < -0.4 is 21.7 Å². The van der Waals surface area contributed by atoms with Gasteiger partial charge in [-0.25, -0.2) is 0 Å². The number of aliphatic hydroxyl groups excluding tert-OH is 1. The number of aliphatic carboxylic acids is 2. The molecule has 13 heteroatoms. The van der Waals surface area contributed by atoms with Crippen molar-refractivity contribution in [3.05, 3.63) is 0 Å². The van der Waals surface area contributed by atoms with E-state index in [1.807, 2.05) is 0 Å². The lowest BCUT2D eigenvalue weighted by atomic mass is 9.93. The molecule has 1 aliphatic rings. The van der Waals surface area contributed by atoms with Gasteiger partial charge in [0.05, 0.1) is 6.10 Å². The van der Waals surface area contributed by atoms with Crippen molar-refractivity contribution in [3.8, 4) is 0 Å². The number of thioether (sulfide) groups is 1. The van der Waals surface area contributed by atoms with E-state index in [2.05, 4.69) is 16.0 Å². The van der Waals surface area contributed by atoms with Crippen molar-refractivity contribution in [3.63, 3.8) is 0 Å². The Morgan fingerprint density at radius 2 is 1.83 bits per heavy atom. The SMILES string of the molecule is N[C@@H](CCC(=O)N[C@@H](CSC(=O)NC1CCCC(O)C1)C(=O)NCC(=O)O)C(=O)O. The average Bonchev–Trinajstić information content (AvgIpc) is 2.67. The number of amides is 3. The molecule has 0 aliphatic heterocycles. The third-order valence-electron chi connectivity index (χ3n) is 4.41.